The summed E-state index contributed by atoms with van der Waals surface area (Å²) in [5.41, 5.74) is 1.34. The van der Waals surface area contributed by atoms with Crippen LogP contribution in [0.4, 0.5) is 10.1 Å². The molecule has 0 spiro atoms. The van der Waals surface area contributed by atoms with Crippen LogP contribution in [-0.2, 0) is 11.3 Å². The van der Waals surface area contributed by atoms with Crippen LogP contribution < -0.4 is 14.8 Å². The Labute approximate surface area is 168 Å². The molecule has 0 atom stereocenters. The van der Waals surface area contributed by atoms with E-state index in [1.165, 1.54) is 6.07 Å². The van der Waals surface area contributed by atoms with E-state index in [1.807, 2.05) is 12.1 Å². The van der Waals surface area contributed by atoms with Crippen molar-refractivity contribution in [2.75, 3.05) is 31.6 Å². The summed E-state index contributed by atoms with van der Waals surface area (Å²) in [7, 11) is 0. The topological polar surface area (TPSA) is 50.8 Å². The monoisotopic (exact) mass is 404 g/mol. The Morgan fingerprint density at radius 3 is 2.61 bits per heavy atom. The van der Waals surface area contributed by atoms with E-state index in [4.69, 9.17) is 21.1 Å². The van der Waals surface area contributed by atoms with Crippen molar-refractivity contribution in [2.24, 2.45) is 5.92 Å². The van der Waals surface area contributed by atoms with Crippen LogP contribution in [0.25, 0.3) is 0 Å². The van der Waals surface area contributed by atoms with E-state index in [0.29, 0.717) is 47.5 Å². The largest absolute Gasteiger partial charge is 0.486 e. The number of nitrogens with one attached hydrogen (secondary N) is 1. The summed E-state index contributed by atoms with van der Waals surface area (Å²) in [6.45, 7) is 3.08. The predicted molar refractivity (Wildman–Crippen MR) is 105 cm³/mol. The van der Waals surface area contributed by atoms with Crippen LogP contribution >= 0.6 is 11.6 Å². The van der Waals surface area contributed by atoms with Gasteiger partial charge in [0.15, 0.2) is 11.5 Å². The first-order valence-corrected chi connectivity index (χ1v) is 9.83. The van der Waals surface area contributed by atoms with Crippen molar-refractivity contribution < 1.29 is 18.7 Å². The average molecular weight is 405 g/mol. The molecule has 2 aromatic rings. The van der Waals surface area contributed by atoms with Gasteiger partial charge in [-0.25, -0.2) is 4.39 Å². The molecule has 0 radical (unpaired) electrons. The molecular formula is C21H22ClFN2O3. The van der Waals surface area contributed by atoms with Crippen LogP contribution in [0, 0.1) is 11.7 Å². The molecule has 28 heavy (non-hydrogen) atoms. The summed E-state index contributed by atoms with van der Waals surface area (Å²) in [6, 6.07) is 10.2. The van der Waals surface area contributed by atoms with Crippen molar-refractivity contribution in [3.8, 4) is 11.5 Å². The molecule has 148 valence electrons. The van der Waals surface area contributed by atoms with Crippen LogP contribution in [0.1, 0.15) is 18.4 Å². The Hall–Kier alpha value is -2.31. The van der Waals surface area contributed by atoms with Crippen LogP contribution in [0.3, 0.4) is 0 Å². The van der Waals surface area contributed by atoms with Gasteiger partial charge in [0, 0.05) is 34.8 Å². The molecule has 4 rings (SSSR count). The fourth-order valence-electron chi connectivity index (χ4n) is 3.61. The molecular weight excluding hydrogens is 383 g/mol. The van der Waals surface area contributed by atoms with Gasteiger partial charge in [0.1, 0.15) is 19.0 Å². The fourth-order valence-corrected chi connectivity index (χ4v) is 3.77. The highest BCUT2D eigenvalue weighted by molar-refractivity contribution is 6.30. The fraction of sp³-hybridized carbons (Fsp3) is 0.381. The molecule has 0 unspecified atom stereocenters. The molecule has 2 aromatic carbocycles. The first kappa shape index (κ1) is 19.0. The van der Waals surface area contributed by atoms with Crippen LogP contribution in [-0.4, -0.2) is 37.1 Å². The van der Waals surface area contributed by atoms with Gasteiger partial charge in [0.2, 0.25) is 5.91 Å². The van der Waals surface area contributed by atoms with Gasteiger partial charge < -0.3 is 14.8 Å². The van der Waals surface area contributed by atoms with Crippen molar-refractivity contribution >= 4 is 23.2 Å². The molecule has 2 heterocycles. The van der Waals surface area contributed by atoms with Gasteiger partial charge in [-0.1, -0.05) is 17.7 Å². The Morgan fingerprint density at radius 2 is 1.86 bits per heavy atom. The lowest BCUT2D eigenvalue weighted by Crippen LogP contribution is -2.37. The van der Waals surface area contributed by atoms with Crippen molar-refractivity contribution in [3.05, 3.63) is 52.8 Å². The third kappa shape index (κ3) is 4.39. The molecule has 1 N–H and O–H groups in total. The highest BCUT2D eigenvalue weighted by Gasteiger charge is 2.26. The van der Waals surface area contributed by atoms with Gasteiger partial charge in [-0.05, 0) is 50.2 Å². The number of likely N-dealkylation sites (tertiary alicyclic amines) is 1. The summed E-state index contributed by atoms with van der Waals surface area (Å²) in [4.78, 5) is 14.8. The summed E-state index contributed by atoms with van der Waals surface area (Å²) < 4.78 is 25.0. The molecule has 0 saturated carbocycles. The zero-order valence-corrected chi connectivity index (χ0v) is 16.2. The minimum atomic E-state index is -0.286. The number of piperidine rings is 1. The summed E-state index contributed by atoms with van der Waals surface area (Å²) in [6.07, 6.45) is 1.48. The second-order valence-electron chi connectivity index (χ2n) is 7.13. The van der Waals surface area contributed by atoms with Gasteiger partial charge in [0.25, 0.3) is 0 Å². The lowest BCUT2D eigenvalue weighted by molar-refractivity contribution is -0.121. The molecule has 1 amide bonds. The highest BCUT2D eigenvalue weighted by Crippen LogP contribution is 2.33. The molecule has 2 aliphatic heterocycles. The van der Waals surface area contributed by atoms with Crippen molar-refractivity contribution in [3.63, 3.8) is 0 Å². The predicted octanol–water partition coefficient (Wildman–Crippen LogP) is 4.10. The number of halogens is 2. The van der Waals surface area contributed by atoms with Gasteiger partial charge in [-0.15, -0.1) is 0 Å². The number of rotatable bonds is 4. The number of ether oxygens (including phenoxy) is 2. The number of hydrogen-bond acceptors (Lipinski definition) is 4. The number of anilines is 1. The van der Waals surface area contributed by atoms with E-state index < -0.39 is 0 Å². The number of carbonyl (C=O) groups is 1. The number of fused-ring (bicyclic) bond motifs is 1. The summed E-state index contributed by atoms with van der Waals surface area (Å²) in [5.74, 6) is 1.02. The number of nitrogens with zero attached hydrogens (tertiary/aromatic N) is 1. The Balaban J connectivity index is 1.30. The minimum absolute atomic E-state index is 0.00833. The van der Waals surface area contributed by atoms with Crippen molar-refractivity contribution in [2.45, 2.75) is 19.4 Å². The summed E-state index contributed by atoms with van der Waals surface area (Å²) in [5, 5.41) is 3.37. The smallest absolute Gasteiger partial charge is 0.227 e. The third-order valence-corrected chi connectivity index (χ3v) is 5.41. The van der Waals surface area contributed by atoms with E-state index >= 15 is 0 Å². The number of carbonyl (C=O) groups excluding carboxylic acids is 1. The van der Waals surface area contributed by atoms with E-state index in [0.717, 1.165) is 25.9 Å². The second kappa shape index (κ2) is 8.37. The lowest BCUT2D eigenvalue weighted by Gasteiger charge is -2.31. The zero-order chi connectivity index (χ0) is 19.5. The third-order valence-electron chi connectivity index (χ3n) is 5.18. The Morgan fingerprint density at radius 1 is 1.11 bits per heavy atom. The maximum Gasteiger partial charge on any atom is 0.227 e. The van der Waals surface area contributed by atoms with Gasteiger partial charge in [-0.3, -0.25) is 9.69 Å². The van der Waals surface area contributed by atoms with E-state index in [1.54, 1.807) is 18.2 Å². The SMILES string of the molecule is O=C(Nc1ccc2c(c1)OCCO2)C1CCN(Cc2ccc(Cl)cc2F)CC1. The highest BCUT2D eigenvalue weighted by atomic mass is 35.5. The van der Waals surface area contributed by atoms with E-state index in [-0.39, 0.29) is 17.6 Å². The molecule has 2 aliphatic rings. The van der Waals surface area contributed by atoms with E-state index in [2.05, 4.69) is 10.2 Å². The summed E-state index contributed by atoms with van der Waals surface area (Å²) >= 11 is 5.81. The number of benzene rings is 2. The maximum atomic E-state index is 14.0. The molecule has 0 bridgehead atoms. The average Bonchev–Trinajstić information content (AvgIpc) is 2.70. The number of amides is 1. The quantitative estimate of drug-likeness (QED) is 0.833. The molecule has 0 aliphatic carbocycles. The Kier molecular flexibility index (Phi) is 5.69. The van der Waals surface area contributed by atoms with Crippen molar-refractivity contribution in [1.29, 1.82) is 0 Å². The van der Waals surface area contributed by atoms with Crippen LogP contribution in [0.2, 0.25) is 5.02 Å². The first-order chi connectivity index (χ1) is 13.6. The number of hydrogen-bond donors (Lipinski definition) is 1. The van der Waals surface area contributed by atoms with Gasteiger partial charge in [-0.2, -0.15) is 0 Å². The van der Waals surface area contributed by atoms with Gasteiger partial charge in [0.05, 0.1) is 0 Å². The first-order valence-electron chi connectivity index (χ1n) is 9.45. The molecule has 0 aromatic heterocycles. The molecule has 5 nitrogen and oxygen atoms in total. The van der Waals surface area contributed by atoms with Gasteiger partial charge >= 0.3 is 0 Å². The molecule has 1 saturated heterocycles. The molecule has 7 heteroatoms. The van der Waals surface area contributed by atoms with Crippen LogP contribution in [0.5, 0.6) is 11.5 Å². The van der Waals surface area contributed by atoms with Crippen molar-refractivity contribution in [1.82, 2.24) is 4.90 Å². The van der Waals surface area contributed by atoms with Crippen LogP contribution in [0.15, 0.2) is 36.4 Å². The Bertz CT molecular complexity index is 869. The molecule has 1 fully saturated rings. The standard InChI is InChI=1S/C21H22ClFN2O3/c22-16-2-1-15(18(23)11-16)13-25-7-5-14(6-8-25)21(26)24-17-3-4-19-20(12-17)28-10-9-27-19/h1-4,11-12,14H,5-10,13H2,(H,24,26). The second-order valence-corrected chi connectivity index (χ2v) is 7.57. The zero-order valence-electron chi connectivity index (χ0n) is 15.4. The normalized spacial score (nSPS) is 17.4. The maximum absolute atomic E-state index is 14.0. The van der Waals surface area contributed by atoms with E-state index in [9.17, 15) is 9.18 Å². The lowest BCUT2D eigenvalue weighted by atomic mass is 9.95. The minimum Gasteiger partial charge on any atom is -0.486 e.